The number of amides is 1. The lowest BCUT2D eigenvalue weighted by Gasteiger charge is -2.11. The Morgan fingerprint density at radius 2 is 2.00 bits per heavy atom. The third-order valence-corrected chi connectivity index (χ3v) is 5.65. The molecule has 0 atom stereocenters. The molecular formula is C22H15BrN4O5S. The first kappa shape index (κ1) is 22.4. The third kappa shape index (κ3) is 4.69. The second-order valence-electron chi connectivity index (χ2n) is 6.98. The number of nitrogens with zero attached hydrogens (tertiary/aromatic N) is 2. The summed E-state index contributed by atoms with van der Waals surface area (Å²) in [6, 6.07) is 14.3. The van der Waals surface area contributed by atoms with E-state index in [0.29, 0.717) is 32.7 Å². The van der Waals surface area contributed by atoms with Crippen molar-refractivity contribution in [3.05, 3.63) is 80.3 Å². The molecule has 0 unspecified atom stereocenters. The number of nitro benzene ring substituents is 1. The zero-order valence-electron chi connectivity index (χ0n) is 17.0. The first-order valence-electron chi connectivity index (χ1n) is 9.49. The highest BCUT2D eigenvalue weighted by molar-refractivity contribution is 9.10. The molecule has 166 valence electrons. The molecule has 0 spiro atoms. The molecule has 4 aromatic rings. The van der Waals surface area contributed by atoms with E-state index in [1.54, 1.807) is 30.3 Å². The average molecular weight is 527 g/mol. The van der Waals surface area contributed by atoms with E-state index in [9.17, 15) is 20.0 Å². The summed E-state index contributed by atoms with van der Waals surface area (Å²) in [4.78, 5) is 27.6. The number of halogens is 1. The van der Waals surface area contributed by atoms with Crippen molar-refractivity contribution < 1.29 is 19.2 Å². The summed E-state index contributed by atoms with van der Waals surface area (Å²) in [7, 11) is 0. The second-order valence-corrected chi connectivity index (χ2v) is 8.25. The van der Waals surface area contributed by atoms with Gasteiger partial charge in [0, 0.05) is 28.4 Å². The Balaban J connectivity index is 1.50. The molecule has 0 fully saturated rings. The highest BCUT2D eigenvalue weighted by atomic mass is 79.9. The topological polar surface area (TPSA) is 131 Å². The number of oxazole rings is 1. The summed E-state index contributed by atoms with van der Waals surface area (Å²) in [6.07, 6.45) is 0. The van der Waals surface area contributed by atoms with Crippen LogP contribution in [0.4, 0.5) is 11.4 Å². The van der Waals surface area contributed by atoms with E-state index in [1.165, 1.54) is 31.2 Å². The van der Waals surface area contributed by atoms with E-state index in [0.717, 1.165) is 0 Å². The molecule has 0 bridgehead atoms. The molecule has 0 radical (unpaired) electrons. The first-order valence-corrected chi connectivity index (χ1v) is 10.7. The maximum atomic E-state index is 12.6. The fraction of sp³-hybridized carbons (Fsp3) is 0.0455. The van der Waals surface area contributed by atoms with Gasteiger partial charge in [-0.1, -0.05) is 6.07 Å². The summed E-state index contributed by atoms with van der Waals surface area (Å²) in [5, 5.41) is 26.2. The maximum absolute atomic E-state index is 12.6. The predicted octanol–water partition coefficient (Wildman–Crippen LogP) is 5.31. The number of anilines is 1. The molecule has 1 heterocycles. The number of phenols is 1. The Morgan fingerprint density at radius 1 is 1.21 bits per heavy atom. The number of fused-ring (bicyclic) bond motifs is 1. The summed E-state index contributed by atoms with van der Waals surface area (Å²) in [5.41, 5.74) is 2.61. The number of aromatic hydroxyl groups is 1. The minimum Gasteiger partial charge on any atom is -0.507 e. The van der Waals surface area contributed by atoms with Crippen LogP contribution >= 0.6 is 28.1 Å². The van der Waals surface area contributed by atoms with E-state index >= 15 is 0 Å². The van der Waals surface area contributed by atoms with Gasteiger partial charge in [0.1, 0.15) is 11.3 Å². The lowest BCUT2D eigenvalue weighted by atomic mass is 10.1. The van der Waals surface area contributed by atoms with Gasteiger partial charge in [0.2, 0.25) is 5.89 Å². The largest absolute Gasteiger partial charge is 0.507 e. The van der Waals surface area contributed by atoms with Gasteiger partial charge in [-0.25, -0.2) is 4.98 Å². The number of nitrogens with one attached hydrogen (secondary N) is 2. The van der Waals surface area contributed by atoms with Crippen molar-refractivity contribution in [1.29, 1.82) is 0 Å². The number of thiocarbonyl (C=S) groups is 1. The highest BCUT2D eigenvalue weighted by Gasteiger charge is 2.19. The van der Waals surface area contributed by atoms with Gasteiger partial charge in [-0.05, 0) is 77.5 Å². The molecule has 11 heteroatoms. The van der Waals surface area contributed by atoms with Gasteiger partial charge in [0.25, 0.3) is 11.6 Å². The molecule has 0 saturated heterocycles. The minimum atomic E-state index is -0.559. The fourth-order valence-corrected chi connectivity index (χ4v) is 3.76. The molecule has 1 aromatic heterocycles. The lowest BCUT2D eigenvalue weighted by Crippen LogP contribution is -2.34. The zero-order chi connectivity index (χ0) is 23.7. The summed E-state index contributed by atoms with van der Waals surface area (Å²) < 4.78 is 6.29. The number of hydrogen-bond donors (Lipinski definition) is 3. The monoisotopic (exact) mass is 526 g/mol. The molecule has 9 nitrogen and oxygen atoms in total. The Kier molecular flexibility index (Phi) is 6.07. The normalized spacial score (nSPS) is 10.7. The van der Waals surface area contributed by atoms with Crippen molar-refractivity contribution in [1.82, 2.24) is 10.3 Å². The standard InChI is InChI=1S/C22H15BrN4O5S/c1-11-14(3-2-4-17(11)27(30)31)20(29)26-22(33)24-13-6-8-19-16(10-13)25-21(32-19)12-5-7-18(28)15(23)9-12/h2-10,28H,1H3,(H2,24,26,29,33). The van der Waals surface area contributed by atoms with Crippen molar-refractivity contribution in [3.8, 4) is 17.2 Å². The summed E-state index contributed by atoms with van der Waals surface area (Å²) in [6.45, 7) is 1.51. The molecule has 3 aromatic carbocycles. The summed E-state index contributed by atoms with van der Waals surface area (Å²) in [5.74, 6) is -0.0755. The van der Waals surface area contributed by atoms with Crippen molar-refractivity contribution >= 4 is 61.6 Å². The molecule has 0 aliphatic carbocycles. The molecule has 0 aliphatic heterocycles. The van der Waals surface area contributed by atoms with E-state index in [-0.39, 0.29) is 27.7 Å². The van der Waals surface area contributed by atoms with Crippen LogP contribution in [0, 0.1) is 17.0 Å². The Morgan fingerprint density at radius 3 is 2.73 bits per heavy atom. The second kappa shape index (κ2) is 8.96. The van der Waals surface area contributed by atoms with Crippen LogP contribution in [-0.4, -0.2) is 26.0 Å². The van der Waals surface area contributed by atoms with Crippen molar-refractivity contribution in [2.75, 3.05) is 5.32 Å². The molecule has 0 aliphatic rings. The van der Waals surface area contributed by atoms with Crippen molar-refractivity contribution in [2.24, 2.45) is 0 Å². The fourth-order valence-electron chi connectivity index (χ4n) is 3.17. The van der Waals surface area contributed by atoms with Crippen LogP contribution in [0.25, 0.3) is 22.6 Å². The van der Waals surface area contributed by atoms with Gasteiger partial charge in [-0.2, -0.15) is 0 Å². The molecular weight excluding hydrogens is 512 g/mol. The van der Waals surface area contributed by atoms with Crippen LogP contribution in [0.15, 0.2) is 63.5 Å². The molecule has 1 amide bonds. The van der Waals surface area contributed by atoms with Crippen LogP contribution in [-0.2, 0) is 0 Å². The van der Waals surface area contributed by atoms with E-state index in [4.69, 9.17) is 16.6 Å². The molecule has 3 N–H and O–H groups in total. The smallest absolute Gasteiger partial charge is 0.273 e. The van der Waals surface area contributed by atoms with Gasteiger partial charge in [0.05, 0.1) is 9.40 Å². The molecule has 33 heavy (non-hydrogen) atoms. The Labute approximate surface area is 200 Å². The zero-order valence-corrected chi connectivity index (χ0v) is 19.4. The Bertz CT molecular complexity index is 1440. The van der Waals surface area contributed by atoms with Crippen molar-refractivity contribution in [2.45, 2.75) is 6.92 Å². The molecule has 0 saturated carbocycles. The maximum Gasteiger partial charge on any atom is 0.273 e. The van der Waals surface area contributed by atoms with Gasteiger partial charge >= 0.3 is 0 Å². The van der Waals surface area contributed by atoms with Crippen LogP contribution < -0.4 is 10.6 Å². The van der Waals surface area contributed by atoms with Gasteiger partial charge < -0.3 is 14.8 Å². The number of aromatic nitrogens is 1. The number of rotatable bonds is 4. The number of benzene rings is 3. The van der Waals surface area contributed by atoms with E-state index < -0.39 is 10.8 Å². The lowest BCUT2D eigenvalue weighted by molar-refractivity contribution is -0.385. The quantitative estimate of drug-likeness (QED) is 0.185. The number of carbonyl (C=O) groups is 1. The summed E-state index contributed by atoms with van der Waals surface area (Å²) >= 11 is 8.49. The van der Waals surface area contributed by atoms with Gasteiger partial charge in [-0.15, -0.1) is 0 Å². The van der Waals surface area contributed by atoms with Crippen LogP contribution in [0.2, 0.25) is 0 Å². The minimum absolute atomic E-state index is 0.0245. The SMILES string of the molecule is Cc1c(C(=O)NC(=S)Nc2ccc3oc(-c4ccc(O)c(Br)c4)nc3c2)cccc1[N+](=O)[O-]. The van der Waals surface area contributed by atoms with Crippen LogP contribution in [0.5, 0.6) is 5.75 Å². The Hall–Kier alpha value is -3.83. The van der Waals surface area contributed by atoms with E-state index in [2.05, 4.69) is 31.5 Å². The number of carbonyl (C=O) groups excluding carboxylic acids is 1. The number of hydrogen-bond acceptors (Lipinski definition) is 7. The third-order valence-electron chi connectivity index (χ3n) is 4.81. The average Bonchev–Trinajstić information content (AvgIpc) is 3.18. The first-order chi connectivity index (χ1) is 15.7. The van der Waals surface area contributed by atoms with Crippen LogP contribution in [0.3, 0.4) is 0 Å². The van der Waals surface area contributed by atoms with Gasteiger partial charge in [0.15, 0.2) is 10.7 Å². The number of nitro groups is 1. The van der Waals surface area contributed by atoms with E-state index in [1.807, 2.05) is 0 Å². The molecule has 4 rings (SSSR count). The number of phenolic OH excluding ortho intramolecular Hbond substituents is 1. The van der Waals surface area contributed by atoms with Crippen LogP contribution in [0.1, 0.15) is 15.9 Å². The highest BCUT2D eigenvalue weighted by Crippen LogP contribution is 2.31. The van der Waals surface area contributed by atoms with Gasteiger partial charge in [-0.3, -0.25) is 20.2 Å². The van der Waals surface area contributed by atoms with Crippen molar-refractivity contribution in [3.63, 3.8) is 0 Å². The predicted molar refractivity (Wildman–Crippen MR) is 130 cm³/mol.